The van der Waals surface area contributed by atoms with E-state index >= 15 is 0 Å². The molecule has 6 nitrogen and oxygen atoms in total. The van der Waals surface area contributed by atoms with Gasteiger partial charge in [-0.2, -0.15) is 0 Å². The van der Waals surface area contributed by atoms with Crippen LogP contribution in [0.1, 0.15) is 34.2 Å². The van der Waals surface area contributed by atoms with Crippen LogP contribution in [-0.4, -0.2) is 47.2 Å². The average molecular weight is 427 g/mol. The summed E-state index contributed by atoms with van der Waals surface area (Å²) in [6.45, 7) is 1.57. The summed E-state index contributed by atoms with van der Waals surface area (Å²) in [6.07, 6.45) is 8.57. The maximum atomic E-state index is 12.5. The number of hydrogen-bond donors (Lipinski definition) is 1. The normalized spacial score (nSPS) is 15.7. The molecule has 2 aliphatic rings. The summed E-state index contributed by atoms with van der Waals surface area (Å²) < 4.78 is 0. The van der Waals surface area contributed by atoms with E-state index in [-0.39, 0.29) is 24.2 Å². The zero-order valence-corrected chi connectivity index (χ0v) is 18.2. The van der Waals surface area contributed by atoms with Gasteiger partial charge in [-0.25, -0.2) is 4.98 Å². The van der Waals surface area contributed by atoms with Gasteiger partial charge in [0, 0.05) is 38.0 Å². The van der Waals surface area contributed by atoms with Crippen molar-refractivity contribution < 1.29 is 9.59 Å². The minimum Gasteiger partial charge on any atom is -0.338 e. The number of carbonyl (C=O) groups excluding carboxylic acids is 2. The fraction of sp³-hybridized carbons (Fsp3) is 0.348. The first-order chi connectivity index (χ1) is 14.0. The number of pyridine rings is 1. The van der Waals surface area contributed by atoms with Crippen LogP contribution in [0.3, 0.4) is 0 Å². The molecule has 158 valence electrons. The van der Waals surface area contributed by atoms with Crippen molar-refractivity contribution in [1.82, 2.24) is 14.8 Å². The second-order valence-corrected chi connectivity index (χ2v) is 7.98. The standard InChI is InChI=1S/C23H26N4O2.ClH/c1-26-14-20-10-16(12-24-23(20)25-21(28)15-26)7-9-22(29)27(2)13-17-6-8-18-4-3-5-19(18)11-17;/h6-12H,3-5,13-15H2,1-2H3,(H,24,25,28);1H. The van der Waals surface area contributed by atoms with E-state index in [0.29, 0.717) is 25.5 Å². The molecule has 1 aliphatic heterocycles. The Hall–Kier alpha value is -2.70. The van der Waals surface area contributed by atoms with Gasteiger partial charge in [0.05, 0.1) is 6.54 Å². The molecule has 0 unspecified atom stereocenters. The number of nitrogens with zero attached hydrogens (tertiary/aromatic N) is 3. The highest BCUT2D eigenvalue weighted by Gasteiger charge is 2.17. The van der Waals surface area contributed by atoms with Crippen molar-refractivity contribution >= 4 is 36.1 Å². The van der Waals surface area contributed by atoms with Crippen LogP contribution in [-0.2, 0) is 35.5 Å². The molecule has 0 bridgehead atoms. The van der Waals surface area contributed by atoms with Gasteiger partial charge in [-0.05, 0) is 60.7 Å². The lowest BCUT2D eigenvalue weighted by Crippen LogP contribution is -2.26. The number of rotatable bonds is 4. The lowest BCUT2D eigenvalue weighted by atomic mass is 10.1. The van der Waals surface area contributed by atoms with Crippen molar-refractivity contribution in [1.29, 1.82) is 0 Å². The fourth-order valence-corrected chi connectivity index (χ4v) is 3.99. The molecule has 0 spiro atoms. The Bertz CT molecular complexity index is 989. The van der Waals surface area contributed by atoms with Crippen LogP contribution in [0, 0.1) is 0 Å². The number of anilines is 1. The van der Waals surface area contributed by atoms with Crippen LogP contribution >= 0.6 is 12.4 Å². The van der Waals surface area contributed by atoms with E-state index in [9.17, 15) is 9.59 Å². The fourth-order valence-electron chi connectivity index (χ4n) is 3.99. The minimum atomic E-state index is -0.0644. The Morgan fingerprint density at radius 3 is 2.83 bits per heavy atom. The van der Waals surface area contributed by atoms with Crippen LogP contribution in [0.25, 0.3) is 6.08 Å². The van der Waals surface area contributed by atoms with Crippen LogP contribution < -0.4 is 5.32 Å². The molecule has 4 rings (SSSR count). The van der Waals surface area contributed by atoms with Crippen LogP contribution in [0.4, 0.5) is 5.82 Å². The quantitative estimate of drug-likeness (QED) is 0.763. The predicted molar refractivity (Wildman–Crippen MR) is 120 cm³/mol. The summed E-state index contributed by atoms with van der Waals surface area (Å²) in [4.78, 5) is 32.3. The summed E-state index contributed by atoms with van der Waals surface area (Å²) in [5.41, 5.74) is 5.82. The van der Waals surface area contributed by atoms with Crippen molar-refractivity contribution in [3.05, 3.63) is 64.4 Å². The molecule has 0 fully saturated rings. The van der Waals surface area contributed by atoms with Crippen LogP contribution in [0.15, 0.2) is 36.5 Å². The van der Waals surface area contributed by atoms with E-state index in [1.165, 1.54) is 29.5 Å². The van der Waals surface area contributed by atoms with E-state index in [4.69, 9.17) is 0 Å². The molecule has 1 aromatic carbocycles. The molecule has 2 aromatic rings. The molecule has 30 heavy (non-hydrogen) atoms. The number of aromatic nitrogens is 1. The van der Waals surface area contributed by atoms with Crippen molar-refractivity contribution in [2.24, 2.45) is 0 Å². The molecule has 1 N–H and O–H groups in total. The molecule has 0 saturated heterocycles. The third kappa shape index (κ3) is 5.07. The van der Waals surface area contributed by atoms with Crippen molar-refractivity contribution in [2.75, 3.05) is 26.0 Å². The number of nitrogens with one attached hydrogen (secondary N) is 1. The number of amides is 2. The number of halogens is 1. The Kier molecular flexibility index (Phi) is 6.90. The minimum absolute atomic E-state index is 0. The molecule has 1 aromatic heterocycles. The molecule has 1 aliphatic carbocycles. The third-order valence-electron chi connectivity index (χ3n) is 5.48. The maximum Gasteiger partial charge on any atom is 0.246 e. The molecule has 7 heteroatoms. The summed E-state index contributed by atoms with van der Waals surface area (Å²) in [5, 5.41) is 2.82. The number of aryl methyl sites for hydroxylation is 2. The van der Waals surface area contributed by atoms with Crippen LogP contribution in [0.2, 0.25) is 0 Å². The van der Waals surface area contributed by atoms with Gasteiger partial charge in [0.1, 0.15) is 5.82 Å². The summed E-state index contributed by atoms with van der Waals surface area (Å²) in [5.74, 6) is 0.479. The summed E-state index contributed by atoms with van der Waals surface area (Å²) in [7, 11) is 3.72. The van der Waals surface area contributed by atoms with Gasteiger partial charge in [-0.1, -0.05) is 18.2 Å². The Morgan fingerprint density at radius 2 is 2.00 bits per heavy atom. The number of fused-ring (bicyclic) bond motifs is 2. The van der Waals surface area contributed by atoms with Crippen LogP contribution in [0.5, 0.6) is 0 Å². The molecule has 0 saturated carbocycles. The second-order valence-electron chi connectivity index (χ2n) is 7.98. The van der Waals surface area contributed by atoms with E-state index in [1.54, 1.807) is 23.2 Å². The SMILES string of the molecule is CN1CC(=O)Nc2ncc(C=CC(=O)N(C)Cc3ccc4c(c3)CCC4)cc2C1.Cl. The molecular weight excluding hydrogens is 400 g/mol. The Labute approximate surface area is 183 Å². The first kappa shape index (κ1) is 22.0. The summed E-state index contributed by atoms with van der Waals surface area (Å²) >= 11 is 0. The highest BCUT2D eigenvalue weighted by Crippen LogP contribution is 2.23. The van der Waals surface area contributed by atoms with E-state index < -0.39 is 0 Å². The molecule has 0 atom stereocenters. The lowest BCUT2D eigenvalue weighted by molar-refractivity contribution is -0.125. The van der Waals surface area contributed by atoms with Crippen molar-refractivity contribution in [3.8, 4) is 0 Å². The average Bonchev–Trinajstić information content (AvgIpc) is 3.09. The smallest absolute Gasteiger partial charge is 0.246 e. The van der Waals surface area contributed by atoms with E-state index in [2.05, 4.69) is 28.5 Å². The largest absolute Gasteiger partial charge is 0.338 e. The van der Waals surface area contributed by atoms with Gasteiger partial charge in [0.25, 0.3) is 0 Å². The first-order valence-corrected chi connectivity index (χ1v) is 9.99. The number of carbonyl (C=O) groups is 2. The van der Waals surface area contributed by atoms with E-state index in [0.717, 1.165) is 17.5 Å². The lowest BCUT2D eigenvalue weighted by Gasteiger charge is -2.16. The first-order valence-electron chi connectivity index (χ1n) is 9.99. The second kappa shape index (κ2) is 9.41. The van der Waals surface area contributed by atoms with Crippen molar-refractivity contribution in [2.45, 2.75) is 32.4 Å². The van der Waals surface area contributed by atoms with Gasteiger partial charge in [0.15, 0.2) is 0 Å². The van der Waals surface area contributed by atoms with Gasteiger partial charge in [-0.3, -0.25) is 14.5 Å². The predicted octanol–water partition coefficient (Wildman–Crippen LogP) is 3.05. The number of benzene rings is 1. The molecule has 2 heterocycles. The number of likely N-dealkylation sites (N-methyl/N-ethyl adjacent to an activating group) is 2. The Morgan fingerprint density at radius 1 is 1.20 bits per heavy atom. The maximum absolute atomic E-state index is 12.5. The van der Waals surface area contributed by atoms with Gasteiger partial charge in [0.2, 0.25) is 11.8 Å². The van der Waals surface area contributed by atoms with Gasteiger partial charge >= 0.3 is 0 Å². The molecule has 2 amide bonds. The summed E-state index contributed by atoms with van der Waals surface area (Å²) in [6, 6.07) is 8.52. The zero-order valence-electron chi connectivity index (χ0n) is 17.4. The van der Waals surface area contributed by atoms with Gasteiger partial charge < -0.3 is 10.2 Å². The monoisotopic (exact) mass is 426 g/mol. The topological polar surface area (TPSA) is 65.5 Å². The highest BCUT2D eigenvalue weighted by molar-refractivity contribution is 5.93. The Balaban J connectivity index is 0.00000256. The third-order valence-corrected chi connectivity index (χ3v) is 5.48. The molecular formula is C23H27ClN4O2. The number of hydrogen-bond acceptors (Lipinski definition) is 4. The van der Waals surface area contributed by atoms with Crippen molar-refractivity contribution in [3.63, 3.8) is 0 Å². The van der Waals surface area contributed by atoms with Gasteiger partial charge in [-0.15, -0.1) is 12.4 Å². The highest BCUT2D eigenvalue weighted by atomic mass is 35.5. The van der Waals surface area contributed by atoms with E-state index in [1.807, 2.05) is 25.1 Å². The molecule has 0 radical (unpaired) electrons. The zero-order chi connectivity index (χ0) is 20.4.